The van der Waals surface area contributed by atoms with Gasteiger partial charge in [-0.25, -0.2) is 4.79 Å². The van der Waals surface area contributed by atoms with Gasteiger partial charge in [0.2, 0.25) is 0 Å². The van der Waals surface area contributed by atoms with E-state index in [4.69, 9.17) is 25.8 Å². The number of rotatable bonds is 11. The molecule has 4 aromatic rings. The van der Waals surface area contributed by atoms with Gasteiger partial charge in [0.1, 0.15) is 22.1 Å². The number of methoxy groups -OCH3 is 1. The van der Waals surface area contributed by atoms with Gasteiger partial charge in [-0.05, 0) is 59.5 Å². The summed E-state index contributed by atoms with van der Waals surface area (Å²) in [6.07, 6.45) is -0.0991. The zero-order valence-electron chi connectivity index (χ0n) is 21.2. The van der Waals surface area contributed by atoms with Crippen molar-refractivity contribution in [3.8, 4) is 17.2 Å². The van der Waals surface area contributed by atoms with Gasteiger partial charge in [-0.15, -0.1) is 11.6 Å². The summed E-state index contributed by atoms with van der Waals surface area (Å²) in [5.74, 6) is 1.65. The summed E-state index contributed by atoms with van der Waals surface area (Å²) in [4.78, 5) is 21.2. The molecule has 0 bridgehead atoms. The summed E-state index contributed by atoms with van der Waals surface area (Å²) in [5, 5.41) is 13.3. The number of amides is 1. The summed E-state index contributed by atoms with van der Waals surface area (Å²) < 4.78 is 16.3. The summed E-state index contributed by atoms with van der Waals surface area (Å²) in [5.41, 5.74) is 2.67. The molecule has 4 rings (SSSR count). The first-order valence-electron chi connectivity index (χ1n) is 12.2. The minimum Gasteiger partial charge on any atom is -0.497 e. The van der Waals surface area contributed by atoms with E-state index >= 15 is 0 Å². The van der Waals surface area contributed by atoms with Gasteiger partial charge in [-0.3, -0.25) is 10.1 Å². The lowest BCUT2D eigenvalue weighted by molar-refractivity contribution is -0.384. The van der Waals surface area contributed by atoms with Crippen molar-refractivity contribution in [3.63, 3.8) is 0 Å². The molecule has 1 amide bonds. The Morgan fingerprint density at radius 3 is 1.92 bits per heavy atom. The van der Waals surface area contributed by atoms with Gasteiger partial charge in [-0.1, -0.05) is 54.6 Å². The molecule has 0 aliphatic carbocycles. The second-order valence-electron chi connectivity index (χ2n) is 8.55. The van der Waals surface area contributed by atoms with E-state index in [-0.39, 0.29) is 11.4 Å². The van der Waals surface area contributed by atoms with Crippen molar-refractivity contribution >= 4 is 23.4 Å². The number of hydrogen-bond donors (Lipinski definition) is 1. The van der Waals surface area contributed by atoms with Crippen LogP contribution in [0.5, 0.6) is 17.2 Å². The van der Waals surface area contributed by atoms with Gasteiger partial charge in [0, 0.05) is 18.7 Å². The molecule has 1 N–H and O–H groups in total. The van der Waals surface area contributed by atoms with Crippen LogP contribution in [0.2, 0.25) is 0 Å². The van der Waals surface area contributed by atoms with Crippen LogP contribution in [0.15, 0.2) is 103 Å². The number of alkyl halides is 1. The maximum absolute atomic E-state index is 11.9. The molecule has 0 fully saturated rings. The molecular formula is C30H27ClN2O6. The molecule has 39 heavy (non-hydrogen) atoms. The largest absolute Gasteiger partial charge is 0.497 e. The lowest BCUT2D eigenvalue weighted by Crippen LogP contribution is -2.28. The van der Waals surface area contributed by atoms with Gasteiger partial charge in [0.15, 0.2) is 0 Å². The number of nitro benzene ring substituents is 1. The average molecular weight is 547 g/mol. The zero-order chi connectivity index (χ0) is 27.7. The Balaban J connectivity index is 1.32. The highest BCUT2D eigenvalue weighted by Gasteiger charge is 2.34. The highest BCUT2D eigenvalue weighted by molar-refractivity contribution is 6.28. The fourth-order valence-corrected chi connectivity index (χ4v) is 4.38. The molecule has 0 heterocycles. The normalized spacial score (nSPS) is 12.2. The molecule has 0 spiro atoms. The molecule has 0 aliphatic rings. The second kappa shape index (κ2) is 12.8. The maximum Gasteiger partial charge on any atom is 0.412 e. The van der Waals surface area contributed by atoms with Gasteiger partial charge in [-0.2, -0.15) is 0 Å². The number of nitro groups is 1. The number of carbonyl (C=O) groups is 1. The van der Waals surface area contributed by atoms with Crippen LogP contribution in [0.1, 0.15) is 23.1 Å². The molecule has 9 heteroatoms. The summed E-state index contributed by atoms with van der Waals surface area (Å²) >= 11 is 7.35. The van der Waals surface area contributed by atoms with Crippen LogP contribution in [0.4, 0.5) is 10.5 Å². The summed E-state index contributed by atoms with van der Waals surface area (Å²) in [6.45, 7) is 0.709. The summed E-state index contributed by atoms with van der Waals surface area (Å²) in [7, 11) is 1.63. The van der Waals surface area contributed by atoms with Crippen molar-refractivity contribution in [3.05, 3.63) is 130 Å². The number of benzene rings is 4. The molecule has 1 unspecified atom stereocenters. The number of nitrogens with zero attached hydrogens (tertiary/aromatic N) is 1. The summed E-state index contributed by atoms with van der Waals surface area (Å²) in [6, 6.07) is 30.5. The smallest absolute Gasteiger partial charge is 0.412 e. The molecule has 200 valence electrons. The van der Waals surface area contributed by atoms with E-state index in [1.165, 1.54) is 24.3 Å². The third kappa shape index (κ3) is 6.86. The number of nitrogens with one attached hydrogen (secondary N) is 1. The SMILES string of the molecule is COc1ccc(C(Cl)(c2ccccc2)c2ccc(OCCCNC(=O)Oc3ccc([N+](=O)[O-])cc3)cc2)cc1. The first kappa shape index (κ1) is 27.5. The molecule has 8 nitrogen and oxygen atoms in total. The number of non-ortho nitro benzene ring substituents is 1. The molecule has 4 aromatic carbocycles. The van der Waals surface area contributed by atoms with Crippen LogP contribution >= 0.6 is 11.6 Å². The van der Waals surface area contributed by atoms with Crippen LogP contribution in [0, 0.1) is 10.1 Å². The van der Waals surface area contributed by atoms with Crippen LogP contribution in [-0.4, -0.2) is 31.3 Å². The number of hydrogen-bond acceptors (Lipinski definition) is 6. The van der Waals surface area contributed by atoms with Gasteiger partial charge in [0.05, 0.1) is 18.6 Å². The van der Waals surface area contributed by atoms with Crippen LogP contribution < -0.4 is 19.5 Å². The lowest BCUT2D eigenvalue weighted by Gasteiger charge is -2.29. The molecule has 0 saturated carbocycles. The number of ether oxygens (including phenoxy) is 3. The Kier molecular flexibility index (Phi) is 9.01. The standard InChI is InChI=1S/C30H27ClN2O6/c1-37-26-14-8-23(9-15-26)30(31,22-6-3-2-4-7-22)24-10-16-27(17-11-24)38-21-5-20-32-29(34)39-28-18-12-25(13-19-28)33(35)36/h2-4,6-19H,5,20-21H2,1H3,(H,32,34). The fraction of sp³-hybridized carbons (Fsp3) is 0.167. The van der Waals surface area contributed by atoms with Gasteiger partial charge < -0.3 is 19.5 Å². The predicted octanol–water partition coefficient (Wildman–Crippen LogP) is 6.69. The third-order valence-electron chi connectivity index (χ3n) is 6.03. The lowest BCUT2D eigenvalue weighted by atomic mass is 9.84. The van der Waals surface area contributed by atoms with E-state index < -0.39 is 15.9 Å². The average Bonchev–Trinajstić information content (AvgIpc) is 2.97. The molecule has 0 aliphatic heterocycles. The monoisotopic (exact) mass is 546 g/mol. The molecule has 0 saturated heterocycles. The first-order chi connectivity index (χ1) is 18.9. The highest BCUT2D eigenvalue weighted by Crippen LogP contribution is 2.43. The van der Waals surface area contributed by atoms with Crippen LogP contribution in [0.3, 0.4) is 0 Å². The molecule has 1 atom stereocenters. The second-order valence-corrected chi connectivity index (χ2v) is 9.11. The van der Waals surface area contributed by atoms with E-state index in [2.05, 4.69) is 5.32 Å². The number of halogens is 1. The van der Waals surface area contributed by atoms with Crippen molar-refractivity contribution in [1.82, 2.24) is 5.32 Å². The minimum absolute atomic E-state index is 0.0783. The van der Waals surface area contributed by atoms with Crippen molar-refractivity contribution in [1.29, 1.82) is 0 Å². The molecular weight excluding hydrogens is 520 g/mol. The van der Waals surface area contributed by atoms with Crippen LogP contribution in [-0.2, 0) is 4.87 Å². The van der Waals surface area contributed by atoms with Crippen LogP contribution in [0.25, 0.3) is 0 Å². The highest BCUT2D eigenvalue weighted by atomic mass is 35.5. The van der Waals surface area contributed by atoms with Gasteiger partial charge in [0.25, 0.3) is 5.69 Å². The van der Waals surface area contributed by atoms with Crippen molar-refractivity contribution in [2.24, 2.45) is 0 Å². The maximum atomic E-state index is 11.9. The zero-order valence-corrected chi connectivity index (χ0v) is 22.0. The number of carbonyl (C=O) groups excluding carboxylic acids is 1. The fourth-order valence-electron chi connectivity index (χ4n) is 4.00. The van der Waals surface area contributed by atoms with Crippen molar-refractivity contribution < 1.29 is 23.9 Å². The van der Waals surface area contributed by atoms with E-state index in [9.17, 15) is 14.9 Å². The van der Waals surface area contributed by atoms with E-state index in [1.54, 1.807) is 7.11 Å². The topological polar surface area (TPSA) is 99.9 Å². The van der Waals surface area contributed by atoms with E-state index in [1.807, 2.05) is 78.9 Å². The van der Waals surface area contributed by atoms with Crippen molar-refractivity contribution in [2.45, 2.75) is 11.3 Å². The Morgan fingerprint density at radius 1 is 0.821 bits per heavy atom. The van der Waals surface area contributed by atoms with E-state index in [0.717, 1.165) is 22.4 Å². The van der Waals surface area contributed by atoms with Gasteiger partial charge >= 0.3 is 6.09 Å². The third-order valence-corrected chi connectivity index (χ3v) is 6.68. The first-order valence-corrected chi connectivity index (χ1v) is 12.6. The Labute approximate surface area is 231 Å². The van der Waals surface area contributed by atoms with Crippen molar-refractivity contribution in [2.75, 3.05) is 20.3 Å². The quantitative estimate of drug-likeness (QED) is 0.0739. The molecule has 0 radical (unpaired) electrons. The Hall–Kier alpha value is -4.56. The Morgan fingerprint density at radius 2 is 1.36 bits per heavy atom. The van der Waals surface area contributed by atoms with E-state index in [0.29, 0.717) is 25.3 Å². The predicted molar refractivity (Wildman–Crippen MR) is 149 cm³/mol. The Bertz CT molecular complexity index is 1380. The minimum atomic E-state index is -0.903. The molecule has 0 aromatic heterocycles.